The van der Waals surface area contributed by atoms with Gasteiger partial charge >= 0.3 is 0 Å². The Morgan fingerprint density at radius 1 is 0.270 bits per heavy atom. The number of hydrogen-bond donors (Lipinski definition) is 0. The molecule has 10 nitrogen and oxygen atoms in total. The molecule has 13 atom stereocenters. The van der Waals surface area contributed by atoms with Gasteiger partial charge in [-0.1, -0.05) is 366 Å². The summed E-state index contributed by atoms with van der Waals surface area (Å²) in [5, 5.41) is 9.70. The molecule has 8 fully saturated rings. The van der Waals surface area contributed by atoms with Gasteiger partial charge in [0.1, 0.15) is 47.7 Å². The summed E-state index contributed by atoms with van der Waals surface area (Å²) in [6.45, 7) is 19.6. The molecule has 0 aromatic heterocycles. The third kappa shape index (κ3) is 25.3. The van der Waals surface area contributed by atoms with Crippen LogP contribution in [0.5, 0.6) is 34.5 Å². The summed E-state index contributed by atoms with van der Waals surface area (Å²) in [5.74, 6) is 14.0. The highest BCUT2D eigenvalue weighted by molar-refractivity contribution is 5.86. The highest BCUT2D eigenvalue weighted by atomic mass is 16.7. The van der Waals surface area contributed by atoms with E-state index in [2.05, 4.69) is 389 Å². The summed E-state index contributed by atoms with van der Waals surface area (Å²) in [7, 11) is 0. The molecule has 0 radical (unpaired) electrons. The zero-order valence-electron chi connectivity index (χ0n) is 88.1. The van der Waals surface area contributed by atoms with Crippen molar-refractivity contribution in [2.24, 2.45) is 41.4 Å². The van der Waals surface area contributed by atoms with Gasteiger partial charge in [-0.15, -0.1) is 0 Å². The van der Waals surface area contributed by atoms with Crippen molar-refractivity contribution in [2.75, 3.05) is 26.4 Å². The van der Waals surface area contributed by atoms with Gasteiger partial charge in [-0.25, -0.2) is 0 Å². The molecule has 0 aliphatic heterocycles. The second-order valence-corrected chi connectivity index (χ2v) is 43.5. The molecule has 24 rings (SSSR count). The van der Waals surface area contributed by atoms with Gasteiger partial charge in [0, 0.05) is 33.4 Å². The van der Waals surface area contributed by atoms with E-state index in [0.717, 1.165) is 151 Å². The molecule has 16 aromatic rings. The Balaban J connectivity index is 0.000000120. The van der Waals surface area contributed by atoms with Crippen molar-refractivity contribution in [1.29, 1.82) is 0 Å². The second-order valence-electron chi connectivity index (χ2n) is 43.5. The van der Waals surface area contributed by atoms with Crippen LogP contribution in [-0.2, 0) is 18.9 Å². The molecule has 16 aromatic carbocycles. The monoisotopic (exact) mass is 1970 g/mol. The molecule has 148 heavy (non-hydrogen) atoms. The molecule has 8 aliphatic carbocycles. The van der Waals surface area contributed by atoms with E-state index in [0.29, 0.717) is 62.1 Å². The summed E-state index contributed by atoms with van der Waals surface area (Å²) in [4.78, 5) is 0. The summed E-state index contributed by atoms with van der Waals surface area (Å²) in [5.41, 5.74) is 15.3. The standard InChI is InChI=1S/C41H38O3.C35H40O3.2C31H36O2/c1-3-30(2)31-23-25-37(26-24-31)44-41(36-22-21-32-13-10-11-18-35(32)29-36)43-28-27-42-40-38(33-14-6-4-7-15-33)19-12-20-39(40)34-16-8-5-9-17-34;1-3-26(2)27-15-21-34(22-16-27)38-35(32-14-13-29-11-7-8-12-31(29)25-32)37-24-23-36-33-19-17-30(18-20-33)28-9-5-4-6-10-28;1-3-20(2)21-13-15-26(16-14-21)32-31(24-12-11-22-7-4-5-8-23(22)17-24)33-30-19-25-18-29(30)28-10-6-9-27(25)28;1-3-21(2)25-10-12-29(13-11-25)32-30(28-9-8-26-6-4-5-7-27(26)17-28)33-31-18-22-14-23(19-31)16-24(15-22)20-31/h4-26,29-30,41H,3,27-28H2,1-2H3;7-8,11-22,25-26,28,35H,3-6,9-10,23-24H2,1-2H3;4-5,7-8,11-17,20,25,27-31H,3,6,9-10,18-19H2,1-2H3;4-13,17,21-24,30H,3,14-16,18-20H2,1-2H3. The molecule has 8 aliphatic rings. The normalized spacial score (nSPS) is 21.1. The first-order valence-electron chi connectivity index (χ1n) is 55.8. The Kier molecular flexibility index (Phi) is 34.0. The maximum Gasteiger partial charge on any atom is 0.227 e. The lowest BCUT2D eigenvalue weighted by Gasteiger charge is -2.56. The van der Waals surface area contributed by atoms with E-state index in [1.807, 2.05) is 36.4 Å². The highest BCUT2D eigenvalue weighted by Gasteiger charge is 2.56. The van der Waals surface area contributed by atoms with Crippen LogP contribution in [0, 0.1) is 41.4 Å². The van der Waals surface area contributed by atoms with E-state index in [-0.39, 0.29) is 18.2 Å². The third-order valence-electron chi connectivity index (χ3n) is 33.8. The van der Waals surface area contributed by atoms with Crippen LogP contribution in [-0.4, -0.2) is 38.1 Å². The number of fused-ring (bicyclic) bond motifs is 9. The van der Waals surface area contributed by atoms with Crippen molar-refractivity contribution in [3.63, 3.8) is 0 Å². The van der Waals surface area contributed by atoms with Gasteiger partial charge in [0.25, 0.3) is 0 Å². The van der Waals surface area contributed by atoms with Gasteiger partial charge in [-0.3, -0.25) is 0 Å². The van der Waals surface area contributed by atoms with Crippen LogP contribution < -0.4 is 28.4 Å². The average molecular weight is 1970 g/mol. The van der Waals surface area contributed by atoms with Gasteiger partial charge in [-0.2, -0.15) is 0 Å². The van der Waals surface area contributed by atoms with Crippen LogP contribution >= 0.6 is 0 Å². The van der Waals surface area contributed by atoms with Crippen molar-refractivity contribution in [1.82, 2.24) is 0 Å². The van der Waals surface area contributed by atoms with Crippen LogP contribution in [0.1, 0.15) is 289 Å². The van der Waals surface area contributed by atoms with Gasteiger partial charge in [0.05, 0.1) is 24.9 Å². The predicted octanol–water partition coefficient (Wildman–Crippen LogP) is 37.1. The first-order valence-corrected chi connectivity index (χ1v) is 55.8. The lowest BCUT2D eigenvalue weighted by atomic mass is 9.54. The van der Waals surface area contributed by atoms with Crippen molar-refractivity contribution >= 4 is 43.1 Å². The molecule has 13 unspecified atom stereocenters. The van der Waals surface area contributed by atoms with Crippen molar-refractivity contribution in [2.45, 2.75) is 250 Å². The lowest BCUT2D eigenvalue weighted by Crippen LogP contribution is -2.52. The Labute approximate surface area is 879 Å². The lowest BCUT2D eigenvalue weighted by molar-refractivity contribution is -0.235. The van der Waals surface area contributed by atoms with Crippen LogP contribution in [0.4, 0.5) is 0 Å². The molecule has 6 bridgehead atoms. The van der Waals surface area contributed by atoms with Crippen molar-refractivity contribution in [3.8, 4) is 56.8 Å². The van der Waals surface area contributed by atoms with Gasteiger partial charge < -0.3 is 47.4 Å². The van der Waals surface area contributed by atoms with Crippen LogP contribution in [0.2, 0.25) is 0 Å². The van der Waals surface area contributed by atoms with Crippen molar-refractivity contribution in [3.05, 3.63) is 420 Å². The number of hydrogen-bond acceptors (Lipinski definition) is 10. The van der Waals surface area contributed by atoms with E-state index in [1.165, 1.54) is 168 Å². The minimum absolute atomic E-state index is 0.0122. The van der Waals surface area contributed by atoms with Gasteiger partial charge in [0.15, 0.2) is 0 Å². The van der Waals surface area contributed by atoms with Crippen LogP contribution in [0.25, 0.3) is 65.3 Å². The molecule has 762 valence electrons. The molecular weight excluding hydrogens is 1820 g/mol. The smallest absolute Gasteiger partial charge is 0.227 e. The number of rotatable bonds is 37. The number of para-hydroxylation sites is 1. The minimum atomic E-state index is -0.587. The Morgan fingerprint density at radius 3 is 1.02 bits per heavy atom. The molecule has 0 amide bonds. The molecular formula is C138H150O10. The van der Waals surface area contributed by atoms with E-state index in [4.69, 9.17) is 47.4 Å². The molecule has 10 heteroatoms. The first-order chi connectivity index (χ1) is 72.7. The summed E-state index contributed by atoms with van der Waals surface area (Å²) < 4.78 is 65.3. The van der Waals surface area contributed by atoms with Crippen molar-refractivity contribution < 1.29 is 47.4 Å². The molecule has 0 spiro atoms. The zero-order chi connectivity index (χ0) is 101. The molecule has 8 saturated carbocycles. The van der Waals surface area contributed by atoms with E-state index in [1.54, 1.807) is 0 Å². The fraction of sp³-hybridized carbons (Fsp3) is 0.362. The predicted molar refractivity (Wildman–Crippen MR) is 606 cm³/mol. The number of ether oxygens (including phenoxy) is 10. The maximum absolute atomic E-state index is 7.07. The molecule has 0 N–H and O–H groups in total. The SMILES string of the molecule is CCC(C)c1ccc(OC(OC23CC4CC(CC(C4)C2)C3)c2ccc3ccccc3c2)cc1.CCC(C)c1ccc(OC(OC2CC3CC2C2CCCC32)c2ccc3ccccc3c2)cc1.CCC(C)c1ccc(OC(OCCOc2c(-c3ccccc3)cccc2-c2ccccc2)c2ccc3ccccc3c2)cc1.CCC(C)c1ccc(OC(OCCOc2ccc(C3CCCCC3)cc2)c2ccc3ccccc3c2)cc1. The second kappa shape index (κ2) is 49.1. The van der Waals surface area contributed by atoms with Crippen LogP contribution in [0.15, 0.2) is 370 Å². The average Bonchev–Trinajstić information content (AvgIpc) is 1.36. The van der Waals surface area contributed by atoms with E-state index >= 15 is 0 Å². The summed E-state index contributed by atoms with van der Waals surface area (Å²) in [6.07, 6.45) is 24.4. The van der Waals surface area contributed by atoms with Gasteiger partial charge in [-0.05, 0) is 341 Å². The van der Waals surface area contributed by atoms with Crippen LogP contribution in [0.3, 0.4) is 0 Å². The molecule has 0 heterocycles. The Morgan fingerprint density at radius 2 is 0.615 bits per heavy atom. The Bertz CT molecular complexity index is 6830. The van der Waals surface area contributed by atoms with Gasteiger partial charge in [0.2, 0.25) is 25.2 Å². The largest absolute Gasteiger partial charge is 0.491 e. The third-order valence-corrected chi connectivity index (χ3v) is 33.8. The molecule has 0 saturated heterocycles. The zero-order valence-corrected chi connectivity index (χ0v) is 88.1. The van der Waals surface area contributed by atoms with E-state index < -0.39 is 12.6 Å². The minimum Gasteiger partial charge on any atom is -0.491 e. The van der Waals surface area contributed by atoms with E-state index in [9.17, 15) is 0 Å². The summed E-state index contributed by atoms with van der Waals surface area (Å²) in [6, 6.07) is 130. The summed E-state index contributed by atoms with van der Waals surface area (Å²) >= 11 is 0. The first kappa shape index (κ1) is 102. The fourth-order valence-electron chi connectivity index (χ4n) is 25.1. The topological polar surface area (TPSA) is 92.3 Å². The quantitative estimate of drug-likeness (QED) is 0.0277. The fourth-order valence-corrected chi connectivity index (χ4v) is 25.1. The maximum atomic E-state index is 7.07. The Hall–Kier alpha value is -12.8. The number of benzene rings is 16. The highest BCUT2D eigenvalue weighted by Crippen LogP contribution is 2.61.